The number of ether oxygens (including phenoxy) is 1. The number of rotatable bonds is 5. The van der Waals surface area contributed by atoms with Gasteiger partial charge < -0.3 is 15.0 Å². The highest BCUT2D eigenvalue weighted by Gasteiger charge is 2.48. The first-order valence-electron chi connectivity index (χ1n) is 9.54. The lowest BCUT2D eigenvalue weighted by atomic mass is 9.83. The van der Waals surface area contributed by atoms with E-state index in [1.165, 1.54) is 6.20 Å². The molecule has 3 aromatic rings. The van der Waals surface area contributed by atoms with Gasteiger partial charge in [-0.05, 0) is 54.8 Å². The van der Waals surface area contributed by atoms with Crippen LogP contribution in [0.15, 0.2) is 65.6 Å². The van der Waals surface area contributed by atoms with Gasteiger partial charge in [0.05, 0.1) is 0 Å². The minimum atomic E-state index is -1.31. The predicted molar refractivity (Wildman–Crippen MR) is 112 cm³/mol. The number of urea groups is 1. The number of para-hydroxylation sites is 1. The number of aromatic amines is 1. The van der Waals surface area contributed by atoms with Gasteiger partial charge >= 0.3 is 6.03 Å². The minimum absolute atomic E-state index is 0.151. The zero-order valence-corrected chi connectivity index (χ0v) is 16.6. The van der Waals surface area contributed by atoms with Crippen LogP contribution in [0.1, 0.15) is 22.3 Å². The second kappa shape index (κ2) is 7.51. The van der Waals surface area contributed by atoms with E-state index >= 15 is 0 Å². The zero-order valence-electron chi connectivity index (χ0n) is 16.6. The first-order valence-corrected chi connectivity index (χ1v) is 9.54. The highest BCUT2D eigenvalue weighted by Crippen LogP contribution is 2.32. The second-order valence-electron chi connectivity index (χ2n) is 7.34. The van der Waals surface area contributed by atoms with Crippen LogP contribution in [0.5, 0.6) is 11.5 Å². The van der Waals surface area contributed by atoms with Gasteiger partial charge in [0.1, 0.15) is 11.5 Å². The number of benzene rings is 2. The summed E-state index contributed by atoms with van der Waals surface area (Å²) in [5.41, 5.74) is 1.25. The summed E-state index contributed by atoms with van der Waals surface area (Å²) in [5.74, 6) is 0.894. The number of hydrogen-bond acceptors (Lipinski definition) is 4. The molecule has 0 spiro atoms. The minimum Gasteiger partial charge on any atom is -0.457 e. The lowest BCUT2D eigenvalue weighted by Gasteiger charge is -2.27. The van der Waals surface area contributed by atoms with Gasteiger partial charge in [-0.2, -0.15) is 0 Å². The van der Waals surface area contributed by atoms with Crippen molar-refractivity contribution >= 4 is 11.9 Å². The van der Waals surface area contributed by atoms with Crippen molar-refractivity contribution in [3.63, 3.8) is 0 Å². The highest BCUT2D eigenvalue weighted by molar-refractivity contribution is 6.07. The van der Waals surface area contributed by atoms with Gasteiger partial charge in [0.15, 0.2) is 5.54 Å². The van der Waals surface area contributed by atoms with Crippen molar-refractivity contribution in [1.82, 2.24) is 15.6 Å². The molecule has 7 nitrogen and oxygen atoms in total. The van der Waals surface area contributed by atoms with Gasteiger partial charge in [-0.15, -0.1) is 0 Å². The third kappa shape index (κ3) is 3.45. The summed E-state index contributed by atoms with van der Waals surface area (Å²) >= 11 is 0. The number of nitrogens with one attached hydrogen (secondary N) is 3. The Hall–Kier alpha value is -3.87. The largest absolute Gasteiger partial charge is 0.457 e. The summed E-state index contributed by atoms with van der Waals surface area (Å²) in [6.45, 7) is 3.65. The third-order valence-electron chi connectivity index (χ3n) is 5.39. The molecule has 3 N–H and O–H groups in total. The Bertz CT molecular complexity index is 1180. The maximum absolute atomic E-state index is 12.8. The van der Waals surface area contributed by atoms with E-state index in [-0.39, 0.29) is 12.0 Å². The topological polar surface area (TPSA) is 100 Å². The number of pyridine rings is 1. The van der Waals surface area contributed by atoms with Crippen LogP contribution in [0.25, 0.3) is 0 Å². The molecule has 0 aliphatic carbocycles. The second-order valence-corrected chi connectivity index (χ2v) is 7.34. The Kier molecular flexibility index (Phi) is 4.87. The van der Waals surface area contributed by atoms with Crippen molar-refractivity contribution in [2.75, 3.05) is 0 Å². The average molecular weight is 403 g/mol. The van der Waals surface area contributed by atoms with Crippen molar-refractivity contribution in [2.45, 2.75) is 25.8 Å². The van der Waals surface area contributed by atoms with E-state index < -0.39 is 17.5 Å². The molecule has 1 unspecified atom stereocenters. The van der Waals surface area contributed by atoms with E-state index in [0.717, 1.165) is 11.3 Å². The summed E-state index contributed by atoms with van der Waals surface area (Å²) in [4.78, 5) is 39.4. The van der Waals surface area contributed by atoms with Crippen molar-refractivity contribution in [3.8, 4) is 11.5 Å². The van der Waals surface area contributed by atoms with Crippen LogP contribution in [-0.2, 0) is 16.8 Å². The molecule has 1 aliphatic heterocycles. The number of carbonyl (C=O) groups is 2. The van der Waals surface area contributed by atoms with E-state index in [1.807, 2.05) is 31.2 Å². The SMILES string of the molecule is Cc1ccccc1Oc1ccc(C2(Cc3cc[nH]c(=O)c3C)NC(=O)NC2=O)cc1. The number of carbonyl (C=O) groups excluding carboxylic acids is 2. The highest BCUT2D eigenvalue weighted by atomic mass is 16.5. The van der Waals surface area contributed by atoms with Crippen LogP contribution >= 0.6 is 0 Å². The fraction of sp³-hybridized carbons (Fsp3) is 0.174. The normalized spacial score (nSPS) is 18.1. The average Bonchev–Trinajstić information content (AvgIpc) is 3.01. The Labute approximate surface area is 173 Å². The van der Waals surface area contributed by atoms with Crippen LogP contribution in [0.2, 0.25) is 0 Å². The van der Waals surface area contributed by atoms with Gasteiger partial charge in [0, 0.05) is 18.2 Å². The third-order valence-corrected chi connectivity index (χ3v) is 5.39. The van der Waals surface area contributed by atoms with E-state index in [1.54, 1.807) is 37.3 Å². The van der Waals surface area contributed by atoms with Crippen LogP contribution in [-0.4, -0.2) is 16.9 Å². The molecule has 1 atom stereocenters. The fourth-order valence-corrected chi connectivity index (χ4v) is 3.60. The smallest absolute Gasteiger partial charge is 0.322 e. The van der Waals surface area contributed by atoms with E-state index in [2.05, 4.69) is 15.6 Å². The molecular weight excluding hydrogens is 382 g/mol. The molecule has 4 rings (SSSR count). The lowest BCUT2D eigenvalue weighted by molar-refractivity contribution is -0.124. The molecule has 7 heteroatoms. The van der Waals surface area contributed by atoms with Gasteiger partial charge in [0.2, 0.25) is 0 Å². The molecule has 1 aromatic heterocycles. The zero-order chi connectivity index (χ0) is 21.3. The van der Waals surface area contributed by atoms with Crippen LogP contribution < -0.4 is 20.9 Å². The quantitative estimate of drug-likeness (QED) is 0.570. The Morgan fingerprint density at radius 1 is 0.933 bits per heavy atom. The van der Waals surface area contributed by atoms with Gasteiger partial charge in [-0.3, -0.25) is 14.9 Å². The molecule has 0 saturated carbocycles. The molecular formula is C23H21N3O4. The molecule has 1 aliphatic rings. The van der Waals surface area contributed by atoms with Crippen LogP contribution in [0.4, 0.5) is 4.79 Å². The van der Waals surface area contributed by atoms with Gasteiger partial charge in [-0.1, -0.05) is 30.3 Å². The number of hydrogen-bond donors (Lipinski definition) is 3. The Morgan fingerprint density at radius 3 is 2.33 bits per heavy atom. The lowest BCUT2D eigenvalue weighted by Crippen LogP contribution is -2.46. The molecule has 3 amide bonds. The Morgan fingerprint density at radius 2 is 1.67 bits per heavy atom. The number of aryl methyl sites for hydroxylation is 1. The standard InChI is InChI=1S/C23H21N3O4/c1-14-5-3-4-6-19(14)30-18-9-7-17(8-10-18)23(21(28)25-22(29)26-23)13-16-11-12-24-20(27)15(16)2/h3-12H,13H2,1-2H3,(H,24,27)(H2,25,26,28,29). The van der Waals surface area contributed by atoms with Crippen LogP contribution in [0.3, 0.4) is 0 Å². The summed E-state index contributed by atoms with van der Waals surface area (Å²) in [6, 6.07) is 15.9. The summed E-state index contributed by atoms with van der Waals surface area (Å²) in [6.07, 6.45) is 1.69. The number of imide groups is 1. The summed E-state index contributed by atoms with van der Waals surface area (Å²) in [5, 5.41) is 5.07. The molecule has 0 radical (unpaired) electrons. The molecule has 1 saturated heterocycles. The van der Waals surface area contributed by atoms with Crippen molar-refractivity contribution in [1.29, 1.82) is 0 Å². The fourth-order valence-electron chi connectivity index (χ4n) is 3.60. The summed E-state index contributed by atoms with van der Waals surface area (Å²) < 4.78 is 5.93. The molecule has 1 fully saturated rings. The molecule has 30 heavy (non-hydrogen) atoms. The van der Waals surface area contributed by atoms with Crippen molar-refractivity contribution in [2.24, 2.45) is 0 Å². The maximum atomic E-state index is 12.8. The summed E-state index contributed by atoms with van der Waals surface area (Å²) in [7, 11) is 0. The number of H-pyrrole nitrogens is 1. The number of aromatic nitrogens is 1. The van der Waals surface area contributed by atoms with E-state index in [9.17, 15) is 14.4 Å². The predicted octanol–water partition coefficient (Wildman–Crippen LogP) is 3.06. The van der Waals surface area contributed by atoms with E-state index in [0.29, 0.717) is 22.4 Å². The van der Waals surface area contributed by atoms with E-state index in [4.69, 9.17) is 4.74 Å². The van der Waals surface area contributed by atoms with Gasteiger partial charge in [-0.25, -0.2) is 4.79 Å². The molecule has 2 heterocycles. The van der Waals surface area contributed by atoms with Crippen LogP contribution in [0, 0.1) is 13.8 Å². The van der Waals surface area contributed by atoms with Crippen molar-refractivity contribution in [3.05, 3.63) is 93.4 Å². The monoisotopic (exact) mass is 403 g/mol. The van der Waals surface area contributed by atoms with Crippen molar-refractivity contribution < 1.29 is 14.3 Å². The molecule has 2 aromatic carbocycles. The Balaban J connectivity index is 1.69. The molecule has 0 bridgehead atoms. The number of amides is 3. The molecule has 152 valence electrons. The first kappa shape index (κ1) is 19.4. The first-order chi connectivity index (χ1) is 14.4. The van der Waals surface area contributed by atoms with Gasteiger partial charge in [0.25, 0.3) is 11.5 Å². The maximum Gasteiger partial charge on any atom is 0.322 e.